The van der Waals surface area contributed by atoms with Gasteiger partial charge in [-0.1, -0.05) is 0 Å². The van der Waals surface area contributed by atoms with E-state index in [1.807, 2.05) is 0 Å². The topological polar surface area (TPSA) is 0 Å². The molecular formula is C10H16S4. The van der Waals surface area contributed by atoms with Crippen LogP contribution < -0.4 is 0 Å². The average molecular weight is 265 g/mol. The van der Waals surface area contributed by atoms with Gasteiger partial charge in [0.15, 0.2) is 0 Å². The lowest BCUT2D eigenvalue weighted by Crippen LogP contribution is -2.36. The molecule has 0 saturated carbocycles. The predicted octanol–water partition coefficient (Wildman–Crippen LogP) is 3.21. The molecule has 0 aromatic heterocycles. The van der Waals surface area contributed by atoms with E-state index in [-0.39, 0.29) is 0 Å². The number of rotatable bonds is 2. The highest BCUT2D eigenvalue weighted by Crippen LogP contribution is 2.58. The molecule has 3 fully saturated rings. The van der Waals surface area contributed by atoms with Crippen LogP contribution >= 0.6 is 47.0 Å². The molecule has 3 heterocycles. The average Bonchev–Trinajstić information content (AvgIpc) is 3.08. The third-order valence-corrected chi connectivity index (χ3v) is 10.4. The zero-order valence-electron chi connectivity index (χ0n) is 8.62. The SMILES string of the molecule is CC1(C2CSC(C3(C)CS3)CS2)CS1. The fraction of sp³-hybridized carbons (Fsp3) is 1.00. The summed E-state index contributed by atoms with van der Waals surface area (Å²) >= 11 is 8.83. The van der Waals surface area contributed by atoms with E-state index < -0.39 is 0 Å². The molecule has 3 saturated heterocycles. The van der Waals surface area contributed by atoms with Gasteiger partial charge in [-0.25, -0.2) is 0 Å². The summed E-state index contributed by atoms with van der Waals surface area (Å²) in [7, 11) is 0. The Labute approximate surface area is 103 Å². The van der Waals surface area contributed by atoms with Crippen LogP contribution in [0.3, 0.4) is 0 Å². The van der Waals surface area contributed by atoms with E-state index in [1.54, 1.807) is 0 Å². The van der Waals surface area contributed by atoms with Crippen LogP contribution in [0, 0.1) is 0 Å². The van der Waals surface area contributed by atoms with Crippen molar-refractivity contribution in [1.29, 1.82) is 0 Å². The summed E-state index contributed by atoms with van der Waals surface area (Å²) in [5.41, 5.74) is 0. The monoisotopic (exact) mass is 264 g/mol. The minimum atomic E-state index is 0.653. The van der Waals surface area contributed by atoms with Crippen LogP contribution in [-0.2, 0) is 0 Å². The molecule has 3 aliphatic heterocycles. The summed E-state index contributed by atoms with van der Waals surface area (Å²) in [5.74, 6) is 5.60. The molecule has 3 rings (SSSR count). The van der Waals surface area contributed by atoms with Crippen molar-refractivity contribution >= 4 is 47.0 Å². The molecule has 4 heteroatoms. The first-order valence-corrected chi connectivity index (χ1v) is 9.20. The number of thioether (sulfide) groups is 4. The minimum Gasteiger partial charge on any atom is -0.155 e. The van der Waals surface area contributed by atoms with Crippen LogP contribution in [0.25, 0.3) is 0 Å². The van der Waals surface area contributed by atoms with E-state index in [1.165, 1.54) is 23.0 Å². The van der Waals surface area contributed by atoms with Crippen LogP contribution in [0.2, 0.25) is 0 Å². The maximum absolute atomic E-state index is 2.45. The molecule has 0 bridgehead atoms. The molecule has 0 spiro atoms. The van der Waals surface area contributed by atoms with Gasteiger partial charge >= 0.3 is 0 Å². The summed E-state index contributed by atoms with van der Waals surface area (Å²) in [5, 5.41) is 1.86. The Balaban J connectivity index is 1.57. The maximum atomic E-state index is 2.45. The van der Waals surface area contributed by atoms with Gasteiger partial charge in [0.2, 0.25) is 0 Å². The van der Waals surface area contributed by atoms with Gasteiger partial charge in [-0.15, -0.1) is 0 Å². The Kier molecular flexibility index (Phi) is 2.59. The van der Waals surface area contributed by atoms with E-state index in [9.17, 15) is 0 Å². The van der Waals surface area contributed by atoms with Crippen LogP contribution in [0.5, 0.6) is 0 Å². The van der Waals surface area contributed by atoms with Crippen molar-refractivity contribution in [3.8, 4) is 0 Å². The van der Waals surface area contributed by atoms with Gasteiger partial charge in [-0.2, -0.15) is 47.0 Å². The molecule has 80 valence electrons. The van der Waals surface area contributed by atoms with Gasteiger partial charge in [-0.3, -0.25) is 0 Å². The van der Waals surface area contributed by atoms with Crippen molar-refractivity contribution in [2.75, 3.05) is 23.0 Å². The summed E-state index contributed by atoms with van der Waals surface area (Å²) in [4.78, 5) is 0. The lowest BCUT2D eigenvalue weighted by Gasteiger charge is -2.33. The van der Waals surface area contributed by atoms with Crippen molar-refractivity contribution in [1.82, 2.24) is 0 Å². The van der Waals surface area contributed by atoms with Gasteiger partial charge in [0.05, 0.1) is 0 Å². The molecule has 14 heavy (non-hydrogen) atoms. The van der Waals surface area contributed by atoms with Crippen LogP contribution in [0.15, 0.2) is 0 Å². The standard InChI is InChI=1S/C10H16S4/c1-9(5-13-9)7-3-12-8(4-11-7)10(2)6-14-10/h7-8H,3-6H2,1-2H3. The summed E-state index contributed by atoms with van der Waals surface area (Å²) in [6.45, 7) is 4.90. The lowest BCUT2D eigenvalue weighted by atomic mass is 10.1. The first-order valence-electron chi connectivity index (χ1n) is 5.14. The molecule has 3 aliphatic rings. The zero-order valence-corrected chi connectivity index (χ0v) is 11.9. The van der Waals surface area contributed by atoms with Crippen LogP contribution in [0.4, 0.5) is 0 Å². The van der Waals surface area contributed by atoms with Gasteiger partial charge in [0, 0.05) is 43.0 Å². The second-order valence-electron chi connectivity index (χ2n) is 4.85. The second-order valence-corrected chi connectivity index (χ2v) is 10.3. The molecular weight excluding hydrogens is 248 g/mol. The van der Waals surface area contributed by atoms with E-state index in [0.717, 1.165) is 10.5 Å². The quantitative estimate of drug-likeness (QED) is 0.702. The summed E-state index contributed by atoms with van der Waals surface area (Å²) in [6, 6.07) is 0. The molecule has 0 N–H and O–H groups in total. The Bertz CT molecular complexity index is 211. The molecule has 4 unspecified atom stereocenters. The Morgan fingerprint density at radius 1 is 0.857 bits per heavy atom. The van der Waals surface area contributed by atoms with Gasteiger partial charge in [-0.05, 0) is 13.8 Å². The highest BCUT2D eigenvalue weighted by Gasteiger charge is 2.52. The molecule has 0 aromatic rings. The first kappa shape index (κ1) is 10.5. The zero-order chi connectivity index (χ0) is 9.81. The highest BCUT2D eigenvalue weighted by atomic mass is 32.2. The summed E-state index contributed by atoms with van der Waals surface area (Å²) < 4.78 is 1.31. The fourth-order valence-electron chi connectivity index (χ4n) is 1.81. The Morgan fingerprint density at radius 2 is 1.21 bits per heavy atom. The van der Waals surface area contributed by atoms with E-state index in [2.05, 4.69) is 60.9 Å². The third kappa shape index (κ3) is 1.85. The van der Waals surface area contributed by atoms with E-state index in [4.69, 9.17) is 0 Å². The number of hydrogen-bond donors (Lipinski definition) is 0. The minimum absolute atomic E-state index is 0.653. The molecule has 0 amide bonds. The second kappa shape index (κ2) is 3.44. The smallest absolute Gasteiger partial charge is 0.0349 e. The molecule has 0 radical (unpaired) electrons. The molecule has 0 aliphatic carbocycles. The predicted molar refractivity (Wildman–Crippen MR) is 74.2 cm³/mol. The largest absolute Gasteiger partial charge is 0.155 e. The van der Waals surface area contributed by atoms with Crippen molar-refractivity contribution < 1.29 is 0 Å². The third-order valence-electron chi connectivity index (χ3n) is 3.46. The fourth-order valence-corrected chi connectivity index (χ4v) is 8.11. The highest BCUT2D eigenvalue weighted by molar-refractivity contribution is 8.13. The lowest BCUT2D eigenvalue weighted by molar-refractivity contribution is 0.745. The van der Waals surface area contributed by atoms with Gasteiger partial charge < -0.3 is 0 Å². The van der Waals surface area contributed by atoms with Crippen molar-refractivity contribution in [3.05, 3.63) is 0 Å². The maximum Gasteiger partial charge on any atom is 0.0349 e. The molecule has 0 nitrogen and oxygen atoms in total. The van der Waals surface area contributed by atoms with Crippen LogP contribution in [-0.4, -0.2) is 43.0 Å². The number of hydrogen-bond acceptors (Lipinski definition) is 4. The van der Waals surface area contributed by atoms with Crippen molar-refractivity contribution in [2.45, 2.75) is 33.8 Å². The van der Waals surface area contributed by atoms with E-state index in [0.29, 0.717) is 9.49 Å². The van der Waals surface area contributed by atoms with Gasteiger partial charge in [0.25, 0.3) is 0 Å². The molecule has 4 atom stereocenters. The normalized spacial score (nSPS) is 57.0. The van der Waals surface area contributed by atoms with Gasteiger partial charge in [0.1, 0.15) is 0 Å². The van der Waals surface area contributed by atoms with Crippen LogP contribution in [0.1, 0.15) is 13.8 Å². The van der Waals surface area contributed by atoms with Crippen molar-refractivity contribution in [2.24, 2.45) is 0 Å². The van der Waals surface area contributed by atoms with Crippen molar-refractivity contribution in [3.63, 3.8) is 0 Å². The summed E-state index contributed by atoms with van der Waals surface area (Å²) in [6.07, 6.45) is 0. The Hall–Kier alpha value is 1.40. The molecule has 0 aromatic carbocycles. The first-order chi connectivity index (χ1) is 6.62. The Morgan fingerprint density at radius 3 is 1.43 bits per heavy atom. The van der Waals surface area contributed by atoms with E-state index >= 15 is 0 Å².